The van der Waals surface area contributed by atoms with Crippen LogP contribution in [0, 0.1) is 0 Å². The minimum Gasteiger partial charge on any atom is -0.469 e. The van der Waals surface area contributed by atoms with Crippen molar-refractivity contribution in [2.45, 2.75) is 44.0 Å². The number of guanidine groups is 1. The number of hydrogen-bond acceptors (Lipinski definition) is 5. The number of hydrogen-bond donors (Lipinski definition) is 1. The zero-order chi connectivity index (χ0) is 18.6. The largest absolute Gasteiger partial charge is 0.469 e. The van der Waals surface area contributed by atoms with E-state index < -0.39 is 14.6 Å². The van der Waals surface area contributed by atoms with E-state index in [2.05, 4.69) is 10.2 Å². The van der Waals surface area contributed by atoms with Crippen molar-refractivity contribution in [3.8, 4) is 0 Å². The molecule has 7 nitrogen and oxygen atoms in total. The minimum atomic E-state index is -3.08. The third-order valence-corrected chi connectivity index (χ3v) is 7.58. The highest BCUT2D eigenvalue weighted by Crippen LogP contribution is 2.24. The lowest BCUT2D eigenvalue weighted by Gasteiger charge is -2.39. The Morgan fingerprint density at radius 3 is 2.96 bits per heavy atom. The summed E-state index contributed by atoms with van der Waals surface area (Å²) >= 11 is 0. The third kappa shape index (κ3) is 4.59. The fourth-order valence-electron chi connectivity index (χ4n) is 3.32. The predicted octanol–water partition coefficient (Wildman–Crippen LogP) is 1.46. The average Bonchev–Trinajstić information content (AvgIpc) is 3.27. The van der Waals surface area contributed by atoms with Crippen molar-refractivity contribution in [1.29, 1.82) is 0 Å². The molecule has 1 aromatic heterocycles. The number of furan rings is 1. The van der Waals surface area contributed by atoms with E-state index in [0.717, 1.165) is 37.6 Å². The van der Waals surface area contributed by atoms with Crippen LogP contribution in [0.1, 0.15) is 32.4 Å². The van der Waals surface area contributed by atoms with Gasteiger partial charge in [0, 0.05) is 32.7 Å². The van der Waals surface area contributed by atoms with E-state index in [1.807, 2.05) is 12.1 Å². The number of aliphatic imine (C=N–C) groups is 1. The van der Waals surface area contributed by atoms with Gasteiger partial charge in [0.2, 0.25) is 0 Å². The molecule has 1 atom stereocenters. The lowest BCUT2D eigenvalue weighted by molar-refractivity contribution is 0.117. The maximum absolute atomic E-state index is 12.3. The number of rotatable bonds is 5. The van der Waals surface area contributed by atoms with Crippen molar-refractivity contribution in [1.82, 2.24) is 10.2 Å². The summed E-state index contributed by atoms with van der Waals surface area (Å²) in [6.45, 7) is 6.56. The summed E-state index contributed by atoms with van der Waals surface area (Å²) < 4.78 is 34.8. The van der Waals surface area contributed by atoms with Crippen LogP contribution >= 0.6 is 0 Å². The second-order valence-electron chi connectivity index (χ2n) is 7.56. The molecule has 2 aliphatic heterocycles. The van der Waals surface area contributed by atoms with Crippen LogP contribution in [0.15, 0.2) is 27.8 Å². The number of ether oxygens (including phenoxy) is 1. The molecule has 0 spiro atoms. The molecule has 2 aliphatic rings. The second-order valence-corrected chi connectivity index (χ2v) is 10.3. The van der Waals surface area contributed by atoms with Gasteiger partial charge in [-0.05, 0) is 38.8 Å². The summed E-state index contributed by atoms with van der Waals surface area (Å²) in [7, 11) is -3.08. The van der Waals surface area contributed by atoms with Crippen LogP contribution in [-0.4, -0.2) is 68.7 Å². The molecular formula is C18H29N3O4S. The molecule has 0 amide bonds. The van der Waals surface area contributed by atoms with E-state index >= 15 is 0 Å². The van der Waals surface area contributed by atoms with Crippen molar-refractivity contribution < 1.29 is 17.6 Å². The van der Waals surface area contributed by atoms with Gasteiger partial charge in [0.25, 0.3) is 0 Å². The fourth-order valence-corrected chi connectivity index (χ4v) is 4.69. The number of nitrogens with zero attached hydrogens (tertiary/aromatic N) is 2. The van der Waals surface area contributed by atoms with Gasteiger partial charge < -0.3 is 19.4 Å². The van der Waals surface area contributed by atoms with Gasteiger partial charge in [-0.1, -0.05) is 0 Å². The molecule has 8 heteroatoms. The van der Waals surface area contributed by atoms with Crippen LogP contribution in [0.5, 0.6) is 0 Å². The Morgan fingerprint density at radius 2 is 2.31 bits per heavy atom. The van der Waals surface area contributed by atoms with Crippen molar-refractivity contribution in [3.63, 3.8) is 0 Å². The van der Waals surface area contributed by atoms with Crippen LogP contribution in [0.4, 0.5) is 0 Å². The first kappa shape index (κ1) is 19.2. The van der Waals surface area contributed by atoms with Crippen LogP contribution in [-0.2, 0) is 21.0 Å². The highest BCUT2D eigenvalue weighted by Gasteiger charge is 2.41. The lowest BCUT2D eigenvalue weighted by atomic mass is 10.2. The smallest absolute Gasteiger partial charge is 0.194 e. The van der Waals surface area contributed by atoms with Crippen LogP contribution in [0.3, 0.4) is 0 Å². The maximum Gasteiger partial charge on any atom is 0.194 e. The van der Waals surface area contributed by atoms with Crippen LogP contribution in [0.2, 0.25) is 0 Å². The van der Waals surface area contributed by atoms with Crippen molar-refractivity contribution in [2.24, 2.45) is 4.99 Å². The summed E-state index contributed by atoms with van der Waals surface area (Å²) in [5, 5.41) is 3.38. The molecule has 0 radical (unpaired) electrons. The van der Waals surface area contributed by atoms with Crippen molar-refractivity contribution >= 4 is 15.8 Å². The molecule has 146 valence electrons. The van der Waals surface area contributed by atoms with Gasteiger partial charge >= 0.3 is 0 Å². The van der Waals surface area contributed by atoms with Gasteiger partial charge in [-0.2, -0.15) is 0 Å². The zero-order valence-electron chi connectivity index (χ0n) is 15.6. The molecule has 0 saturated carbocycles. The molecule has 3 heterocycles. The van der Waals surface area contributed by atoms with E-state index in [1.165, 1.54) is 0 Å². The topological polar surface area (TPSA) is 84.1 Å². The normalized spacial score (nSPS) is 25.4. The van der Waals surface area contributed by atoms with E-state index in [0.29, 0.717) is 26.2 Å². The SMILES string of the molecule is CC1(C)CN(C(=NCC2CCCO2)NCCc2ccco2)CCS1(=O)=O. The standard InChI is InChI=1S/C18H29N3O4S/c1-18(2)14-21(9-12-26(18,22)23)17(20-13-16-6-4-11-25-16)19-8-7-15-5-3-10-24-15/h3,5,10,16H,4,6-9,11-14H2,1-2H3,(H,19,20). The van der Waals surface area contributed by atoms with E-state index in [9.17, 15) is 8.42 Å². The molecule has 2 fully saturated rings. The monoisotopic (exact) mass is 383 g/mol. The first-order chi connectivity index (χ1) is 12.4. The third-order valence-electron chi connectivity index (χ3n) is 5.05. The minimum absolute atomic E-state index is 0.152. The van der Waals surface area contributed by atoms with Gasteiger partial charge in [-0.25, -0.2) is 8.42 Å². The number of sulfone groups is 1. The zero-order valence-corrected chi connectivity index (χ0v) is 16.4. The Kier molecular flexibility index (Phi) is 5.92. The Bertz CT molecular complexity index is 707. The highest BCUT2D eigenvalue weighted by molar-refractivity contribution is 7.92. The van der Waals surface area contributed by atoms with E-state index in [-0.39, 0.29) is 11.9 Å². The summed E-state index contributed by atoms with van der Waals surface area (Å²) in [6, 6.07) is 3.82. The van der Waals surface area contributed by atoms with Gasteiger partial charge in [-0.3, -0.25) is 4.99 Å². The molecule has 0 bridgehead atoms. The molecule has 2 saturated heterocycles. The Labute approximate surface area is 155 Å². The molecule has 1 N–H and O–H groups in total. The molecule has 1 unspecified atom stereocenters. The molecular weight excluding hydrogens is 354 g/mol. The van der Waals surface area contributed by atoms with E-state index in [4.69, 9.17) is 14.1 Å². The fraction of sp³-hybridized carbons (Fsp3) is 0.722. The quantitative estimate of drug-likeness (QED) is 0.612. The summed E-state index contributed by atoms with van der Waals surface area (Å²) in [5.41, 5.74) is 0. The van der Waals surface area contributed by atoms with Crippen LogP contribution < -0.4 is 5.32 Å². The van der Waals surface area contributed by atoms with Gasteiger partial charge in [0.05, 0.1) is 29.4 Å². The number of nitrogens with one attached hydrogen (secondary N) is 1. The molecule has 3 rings (SSSR count). The summed E-state index contributed by atoms with van der Waals surface area (Å²) in [5.74, 6) is 1.83. The molecule has 26 heavy (non-hydrogen) atoms. The predicted molar refractivity (Wildman–Crippen MR) is 101 cm³/mol. The molecule has 0 aliphatic carbocycles. The first-order valence-electron chi connectivity index (χ1n) is 9.27. The van der Waals surface area contributed by atoms with Gasteiger partial charge in [0.15, 0.2) is 15.8 Å². The Morgan fingerprint density at radius 1 is 1.46 bits per heavy atom. The summed E-state index contributed by atoms with van der Waals surface area (Å²) in [6.07, 6.45) is 4.69. The van der Waals surface area contributed by atoms with Gasteiger partial charge in [-0.15, -0.1) is 0 Å². The maximum atomic E-state index is 12.3. The van der Waals surface area contributed by atoms with Gasteiger partial charge in [0.1, 0.15) is 5.76 Å². The molecule has 1 aromatic rings. The Hall–Kier alpha value is -1.54. The average molecular weight is 384 g/mol. The van der Waals surface area contributed by atoms with Crippen molar-refractivity contribution in [2.75, 3.05) is 38.5 Å². The first-order valence-corrected chi connectivity index (χ1v) is 10.9. The van der Waals surface area contributed by atoms with Crippen molar-refractivity contribution in [3.05, 3.63) is 24.2 Å². The summed E-state index contributed by atoms with van der Waals surface area (Å²) in [4.78, 5) is 6.80. The second kappa shape index (κ2) is 8.00. The lowest BCUT2D eigenvalue weighted by Crippen LogP contribution is -2.57. The highest BCUT2D eigenvalue weighted by atomic mass is 32.2. The van der Waals surface area contributed by atoms with E-state index in [1.54, 1.807) is 20.1 Å². The Balaban J connectivity index is 1.66. The molecule has 0 aromatic carbocycles. The van der Waals surface area contributed by atoms with Crippen LogP contribution in [0.25, 0.3) is 0 Å².